The van der Waals surface area contributed by atoms with Crippen LogP contribution in [0.1, 0.15) is 41.0 Å². The summed E-state index contributed by atoms with van der Waals surface area (Å²) in [5.41, 5.74) is 5.37. The van der Waals surface area contributed by atoms with Gasteiger partial charge in [0.2, 0.25) is 0 Å². The van der Waals surface area contributed by atoms with Crippen molar-refractivity contribution in [2.75, 3.05) is 0 Å². The van der Waals surface area contributed by atoms with Gasteiger partial charge in [0.25, 0.3) is 0 Å². The molecule has 0 amide bonds. The lowest BCUT2D eigenvalue weighted by Gasteiger charge is -2.07. The van der Waals surface area contributed by atoms with Gasteiger partial charge in [0.15, 0.2) is 0 Å². The molecule has 0 saturated heterocycles. The van der Waals surface area contributed by atoms with Crippen molar-refractivity contribution in [3.8, 4) is 0 Å². The molecule has 68 valence electrons. The summed E-state index contributed by atoms with van der Waals surface area (Å²) < 4.78 is 0. The normalized spacial score (nSPS) is 14.2. The second-order valence-electron chi connectivity index (χ2n) is 3.50. The Morgan fingerprint density at radius 3 is 2.00 bits per heavy atom. The Kier molecular flexibility index (Phi) is 4.65. The third-order valence-corrected chi connectivity index (χ3v) is 2.32. The molecule has 0 heteroatoms. The van der Waals surface area contributed by atoms with Crippen LogP contribution in [0.2, 0.25) is 0 Å². The van der Waals surface area contributed by atoms with E-state index in [9.17, 15) is 0 Å². The van der Waals surface area contributed by atoms with Crippen molar-refractivity contribution in [2.45, 2.75) is 41.0 Å². The zero-order valence-corrected chi connectivity index (χ0v) is 8.99. The lowest BCUT2D eigenvalue weighted by molar-refractivity contribution is 1.06. The summed E-state index contributed by atoms with van der Waals surface area (Å²) in [4.78, 5) is 0. The van der Waals surface area contributed by atoms with Crippen LogP contribution in [0.4, 0.5) is 0 Å². The molecule has 0 aliphatic rings. The molecule has 0 atom stereocenters. The van der Waals surface area contributed by atoms with Crippen LogP contribution < -0.4 is 0 Å². The van der Waals surface area contributed by atoms with Gasteiger partial charge in [-0.1, -0.05) is 29.4 Å². The van der Waals surface area contributed by atoms with Crippen molar-refractivity contribution >= 4 is 0 Å². The van der Waals surface area contributed by atoms with E-state index >= 15 is 0 Å². The Balaban J connectivity index is 4.48. The van der Waals surface area contributed by atoms with Gasteiger partial charge in [0.05, 0.1) is 0 Å². The highest BCUT2D eigenvalue weighted by molar-refractivity contribution is 5.30. The van der Waals surface area contributed by atoms with Gasteiger partial charge in [0.1, 0.15) is 0 Å². The summed E-state index contributed by atoms with van der Waals surface area (Å²) in [5.74, 6) is 0. The highest BCUT2D eigenvalue weighted by Gasteiger charge is 1.97. The van der Waals surface area contributed by atoms with Crippen LogP contribution >= 0.6 is 0 Å². The molecule has 0 rings (SSSR count). The zero-order chi connectivity index (χ0) is 9.72. The number of hydrogen-bond donors (Lipinski definition) is 0. The predicted octanol–water partition coefficient (Wildman–Crippen LogP) is 4.26. The van der Waals surface area contributed by atoms with Crippen molar-refractivity contribution in [2.24, 2.45) is 0 Å². The molecule has 0 N–H and O–H groups in total. The van der Waals surface area contributed by atoms with E-state index in [-0.39, 0.29) is 0 Å². The summed E-state index contributed by atoms with van der Waals surface area (Å²) in [6.45, 7) is 14.6. The van der Waals surface area contributed by atoms with Crippen LogP contribution in [-0.4, -0.2) is 0 Å². The first-order valence-electron chi connectivity index (χ1n) is 4.43. The molecule has 0 heterocycles. The van der Waals surface area contributed by atoms with Gasteiger partial charge in [0, 0.05) is 0 Å². The zero-order valence-electron chi connectivity index (χ0n) is 8.99. The summed E-state index contributed by atoms with van der Waals surface area (Å²) in [6, 6.07) is 0. The SMILES string of the molecule is C=C(C)C(C)=C(C)CC(C)=CC. The summed E-state index contributed by atoms with van der Waals surface area (Å²) in [6.07, 6.45) is 3.24. The number of hydrogen-bond acceptors (Lipinski definition) is 0. The molecule has 0 aromatic carbocycles. The topological polar surface area (TPSA) is 0 Å². The molecule has 0 aliphatic carbocycles. The van der Waals surface area contributed by atoms with E-state index in [4.69, 9.17) is 0 Å². The predicted molar refractivity (Wildman–Crippen MR) is 57.2 cm³/mol. The Morgan fingerprint density at radius 2 is 1.67 bits per heavy atom. The third kappa shape index (κ3) is 3.56. The monoisotopic (exact) mass is 164 g/mol. The standard InChI is InChI=1S/C12H20/c1-7-10(4)8-11(5)12(6)9(2)3/h7H,2,8H2,1,3-6H3. The van der Waals surface area contributed by atoms with Crippen molar-refractivity contribution in [3.05, 3.63) is 34.9 Å². The minimum atomic E-state index is 1.08. The Labute approximate surface area is 76.7 Å². The van der Waals surface area contributed by atoms with Crippen LogP contribution in [0.25, 0.3) is 0 Å². The molecular weight excluding hydrogens is 144 g/mol. The maximum Gasteiger partial charge on any atom is -0.0108 e. The first-order chi connectivity index (χ1) is 5.49. The molecule has 0 unspecified atom stereocenters. The van der Waals surface area contributed by atoms with Crippen molar-refractivity contribution < 1.29 is 0 Å². The first-order valence-corrected chi connectivity index (χ1v) is 4.43. The van der Waals surface area contributed by atoms with E-state index < -0.39 is 0 Å². The van der Waals surface area contributed by atoms with Crippen LogP contribution in [0.5, 0.6) is 0 Å². The second-order valence-corrected chi connectivity index (χ2v) is 3.50. The van der Waals surface area contributed by atoms with Gasteiger partial charge >= 0.3 is 0 Å². The average molecular weight is 164 g/mol. The van der Waals surface area contributed by atoms with Crippen molar-refractivity contribution in [1.29, 1.82) is 0 Å². The average Bonchev–Trinajstić information content (AvgIpc) is 2.02. The van der Waals surface area contributed by atoms with Crippen molar-refractivity contribution in [1.82, 2.24) is 0 Å². The van der Waals surface area contributed by atoms with E-state index in [1.165, 1.54) is 22.3 Å². The molecule has 0 aromatic rings. The lowest BCUT2D eigenvalue weighted by atomic mass is 9.99. The molecule has 0 fully saturated rings. The molecule has 0 bridgehead atoms. The van der Waals surface area contributed by atoms with Crippen LogP contribution in [0.15, 0.2) is 34.9 Å². The molecule has 0 radical (unpaired) electrons. The van der Waals surface area contributed by atoms with Gasteiger partial charge in [-0.2, -0.15) is 0 Å². The van der Waals surface area contributed by atoms with Crippen LogP contribution in [0, 0.1) is 0 Å². The molecule has 0 aliphatic heterocycles. The number of rotatable bonds is 3. The van der Waals surface area contributed by atoms with Gasteiger partial charge in [-0.15, -0.1) is 0 Å². The molecular formula is C12H20. The molecule has 0 saturated carbocycles. The third-order valence-electron chi connectivity index (χ3n) is 2.32. The quantitative estimate of drug-likeness (QED) is 0.432. The van der Waals surface area contributed by atoms with E-state index in [1.54, 1.807) is 0 Å². The van der Waals surface area contributed by atoms with Crippen molar-refractivity contribution in [3.63, 3.8) is 0 Å². The fraction of sp³-hybridized carbons (Fsp3) is 0.500. The minimum Gasteiger partial charge on any atom is -0.0959 e. The summed E-state index contributed by atoms with van der Waals surface area (Å²) in [7, 11) is 0. The molecule has 12 heavy (non-hydrogen) atoms. The van der Waals surface area contributed by atoms with E-state index in [0.717, 1.165) is 6.42 Å². The Hall–Kier alpha value is -0.780. The fourth-order valence-corrected chi connectivity index (χ4v) is 1.02. The largest absolute Gasteiger partial charge is 0.0959 e. The smallest absolute Gasteiger partial charge is 0.0108 e. The lowest BCUT2D eigenvalue weighted by Crippen LogP contribution is -1.87. The first kappa shape index (κ1) is 11.2. The Morgan fingerprint density at radius 1 is 1.17 bits per heavy atom. The number of allylic oxidation sites excluding steroid dienone is 5. The van der Waals surface area contributed by atoms with Gasteiger partial charge in [-0.3, -0.25) is 0 Å². The molecule has 0 aromatic heterocycles. The maximum atomic E-state index is 3.93. The minimum absolute atomic E-state index is 1.08. The maximum absolute atomic E-state index is 3.93. The second kappa shape index (κ2) is 4.97. The fourth-order valence-electron chi connectivity index (χ4n) is 1.02. The van der Waals surface area contributed by atoms with Crippen LogP contribution in [0.3, 0.4) is 0 Å². The highest BCUT2D eigenvalue weighted by atomic mass is 14.0. The van der Waals surface area contributed by atoms with E-state index in [2.05, 4.69) is 47.3 Å². The van der Waals surface area contributed by atoms with E-state index in [1.807, 2.05) is 0 Å². The van der Waals surface area contributed by atoms with Gasteiger partial charge < -0.3 is 0 Å². The van der Waals surface area contributed by atoms with Gasteiger partial charge in [-0.25, -0.2) is 0 Å². The summed E-state index contributed by atoms with van der Waals surface area (Å²) in [5, 5.41) is 0. The Bertz CT molecular complexity index is 226. The van der Waals surface area contributed by atoms with Gasteiger partial charge in [-0.05, 0) is 46.6 Å². The van der Waals surface area contributed by atoms with Crippen LogP contribution in [-0.2, 0) is 0 Å². The summed E-state index contributed by atoms with van der Waals surface area (Å²) >= 11 is 0. The molecule has 0 spiro atoms. The molecule has 0 nitrogen and oxygen atoms in total. The van der Waals surface area contributed by atoms with E-state index in [0.29, 0.717) is 0 Å². The highest BCUT2D eigenvalue weighted by Crippen LogP contribution is 2.18.